The second kappa shape index (κ2) is 9.96. The second-order valence-electron chi connectivity index (χ2n) is 8.01. The average molecular weight is 358 g/mol. The number of nitrogens with zero attached hydrogens (tertiary/aromatic N) is 2. The van der Waals surface area contributed by atoms with Gasteiger partial charge in [-0.25, -0.2) is 0 Å². The molecule has 4 nitrogen and oxygen atoms in total. The molecule has 1 heterocycles. The van der Waals surface area contributed by atoms with Crippen LogP contribution in [-0.2, 0) is 11.3 Å². The van der Waals surface area contributed by atoms with E-state index in [1.807, 2.05) is 4.90 Å². The first-order chi connectivity index (χ1) is 12.7. The third-order valence-electron chi connectivity index (χ3n) is 6.02. The van der Waals surface area contributed by atoms with Crippen molar-refractivity contribution >= 4 is 11.6 Å². The van der Waals surface area contributed by atoms with Crippen LogP contribution in [0.4, 0.5) is 5.69 Å². The monoisotopic (exact) mass is 357 g/mol. The summed E-state index contributed by atoms with van der Waals surface area (Å²) in [5.41, 5.74) is 2.41. The molecule has 3 rings (SSSR count). The molecule has 1 aromatic carbocycles. The normalized spacial score (nSPS) is 19.4. The van der Waals surface area contributed by atoms with Gasteiger partial charge >= 0.3 is 0 Å². The Hall–Kier alpha value is -1.55. The predicted octanol–water partition coefficient (Wildman–Crippen LogP) is 4.27. The maximum atomic E-state index is 12.6. The molecule has 1 N–H and O–H groups in total. The molecule has 0 atom stereocenters. The highest BCUT2D eigenvalue weighted by atomic mass is 16.2. The van der Waals surface area contributed by atoms with Gasteiger partial charge in [-0.1, -0.05) is 50.3 Å². The smallest absolute Gasteiger partial charge is 0.241 e. The van der Waals surface area contributed by atoms with Crippen molar-refractivity contribution in [2.45, 2.75) is 70.4 Å². The largest absolute Gasteiger partial charge is 0.376 e. The Balaban J connectivity index is 1.55. The highest BCUT2D eigenvalue weighted by Gasteiger charge is 2.19. The van der Waals surface area contributed by atoms with Gasteiger partial charge in [0, 0.05) is 31.4 Å². The zero-order valence-corrected chi connectivity index (χ0v) is 16.4. The molecule has 1 saturated carbocycles. The van der Waals surface area contributed by atoms with Gasteiger partial charge in [-0.2, -0.15) is 0 Å². The van der Waals surface area contributed by atoms with Crippen molar-refractivity contribution in [3.63, 3.8) is 0 Å². The van der Waals surface area contributed by atoms with E-state index in [1.54, 1.807) is 0 Å². The summed E-state index contributed by atoms with van der Waals surface area (Å²) in [6.45, 7) is 3.20. The summed E-state index contributed by atoms with van der Waals surface area (Å²) >= 11 is 0. The van der Waals surface area contributed by atoms with Crippen LogP contribution in [0.5, 0.6) is 0 Å². The van der Waals surface area contributed by atoms with Crippen LogP contribution < -0.4 is 5.32 Å². The molecular weight excluding hydrogens is 322 g/mol. The van der Waals surface area contributed by atoms with Crippen molar-refractivity contribution in [1.29, 1.82) is 0 Å². The van der Waals surface area contributed by atoms with Gasteiger partial charge in [-0.05, 0) is 44.4 Å². The topological polar surface area (TPSA) is 35.6 Å². The summed E-state index contributed by atoms with van der Waals surface area (Å²) in [6.07, 6.45) is 11.6. The van der Waals surface area contributed by atoms with Crippen LogP contribution in [-0.4, -0.2) is 48.4 Å². The molecule has 1 aliphatic carbocycles. The Bertz CT molecular complexity index is 560. The van der Waals surface area contributed by atoms with Crippen molar-refractivity contribution in [2.75, 3.05) is 32.0 Å². The highest BCUT2D eigenvalue weighted by molar-refractivity contribution is 5.81. The fourth-order valence-electron chi connectivity index (χ4n) is 4.35. The number of carbonyl (C=O) groups is 1. The number of carbonyl (C=O) groups excluding carboxylic acids is 1. The Morgan fingerprint density at radius 3 is 2.42 bits per heavy atom. The first-order valence-corrected chi connectivity index (χ1v) is 10.5. The molecule has 0 aromatic heterocycles. The van der Waals surface area contributed by atoms with Crippen LogP contribution in [0, 0.1) is 0 Å². The maximum absolute atomic E-state index is 12.6. The Morgan fingerprint density at radius 2 is 1.69 bits per heavy atom. The van der Waals surface area contributed by atoms with E-state index in [1.165, 1.54) is 50.5 Å². The van der Waals surface area contributed by atoms with Gasteiger partial charge in [0.05, 0.1) is 6.54 Å². The number of hydrogen-bond donors (Lipinski definition) is 1. The summed E-state index contributed by atoms with van der Waals surface area (Å²) in [6, 6.07) is 9.17. The van der Waals surface area contributed by atoms with Crippen molar-refractivity contribution in [3.8, 4) is 0 Å². The van der Waals surface area contributed by atoms with Gasteiger partial charge in [0.2, 0.25) is 5.91 Å². The second-order valence-corrected chi connectivity index (χ2v) is 8.01. The summed E-state index contributed by atoms with van der Waals surface area (Å²) in [5, 5.41) is 3.42. The third-order valence-corrected chi connectivity index (χ3v) is 6.02. The molecular formula is C22H35N3O. The highest BCUT2D eigenvalue weighted by Crippen LogP contribution is 2.25. The number of benzene rings is 1. The van der Waals surface area contributed by atoms with E-state index in [2.05, 4.69) is 41.5 Å². The number of anilines is 1. The zero-order chi connectivity index (χ0) is 18.2. The van der Waals surface area contributed by atoms with E-state index in [9.17, 15) is 4.79 Å². The molecule has 1 aliphatic heterocycles. The van der Waals surface area contributed by atoms with Crippen molar-refractivity contribution in [1.82, 2.24) is 9.80 Å². The minimum absolute atomic E-state index is 0.238. The molecule has 1 aromatic rings. The molecule has 2 fully saturated rings. The standard InChI is InChI=1S/C22H35N3O/c1-24(20-12-5-4-6-13-20)18-19-11-7-8-14-21(19)23-17-22(26)25-15-9-2-3-10-16-25/h7-8,11,14,20,23H,2-6,9-10,12-13,15-18H2,1H3. The van der Waals surface area contributed by atoms with Crippen LogP contribution >= 0.6 is 0 Å². The number of hydrogen-bond acceptors (Lipinski definition) is 3. The number of rotatable bonds is 6. The molecule has 4 heteroatoms. The van der Waals surface area contributed by atoms with E-state index < -0.39 is 0 Å². The summed E-state index contributed by atoms with van der Waals surface area (Å²) in [7, 11) is 2.25. The van der Waals surface area contributed by atoms with Gasteiger partial charge < -0.3 is 10.2 Å². The van der Waals surface area contributed by atoms with E-state index in [4.69, 9.17) is 0 Å². The molecule has 0 unspecified atom stereocenters. The van der Waals surface area contributed by atoms with Gasteiger partial charge in [-0.15, -0.1) is 0 Å². The molecule has 1 amide bonds. The van der Waals surface area contributed by atoms with Crippen molar-refractivity contribution < 1.29 is 4.79 Å². The number of amides is 1. The molecule has 1 saturated heterocycles. The average Bonchev–Trinajstić information content (AvgIpc) is 2.97. The summed E-state index contributed by atoms with van der Waals surface area (Å²) in [5.74, 6) is 0.238. The third kappa shape index (κ3) is 5.47. The molecule has 0 bridgehead atoms. The lowest BCUT2D eigenvalue weighted by molar-refractivity contribution is -0.129. The van der Waals surface area contributed by atoms with Gasteiger partial charge in [0.1, 0.15) is 0 Å². The van der Waals surface area contributed by atoms with Crippen LogP contribution in [0.25, 0.3) is 0 Å². The fourth-order valence-corrected chi connectivity index (χ4v) is 4.35. The number of nitrogens with one attached hydrogen (secondary N) is 1. The van der Waals surface area contributed by atoms with E-state index in [-0.39, 0.29) is 5.91 Å². The Labute approximate surface area is 158 Å². The van der Waals surface area contributed by atoms with Crippen LogP contribution in [0.1, 0.15) is 63.4 Å². The number of likely N-dealkylation sites (tertiary alicyclic amines) is 1. The zero-order valence-electron chi connectivity index (χ0n) is 16.4. The number of para-hydroxylation sites is 1. The van der Waals surface area contributed by atoms with Crippen LogP contribution in [0.3, 0.4) is 0 Å². The Kier molecular flexibility index (Phi) is 7.36. The molecule has 0 radical (unpaired) electrons. The van der Waals surface area contributed by atoms with E-state index in [0.717, 1.165) is 38.2 Å². The maximum Gasteiger partial charge on any atom is 0.241 e. The molecule has 26 heavy (non-hydrogen) atoms. The SMILES string of the molecule is CN(Cc1ccccc1NCC(=O)N1CCCCCC1)C1CCCCC1. The van der Waals surface area contributed by atoms with E-state index >= 15 is 0 Å². The predicted molar refractivity (Wildman–Crippen MR) is 108 cm³/mol. The molecule has 144 valence electrons. The quantitative estimate of drug-likeness (QED) is 0.826. The molecule has 0 spiro atoms. The lowest BCUT2D eigenvalue weighted by Crippen LogP contribution is -2.36. The summed E-state index contributed by atoms with van der Waals surface area (Å²) in [4.78, 5) is 17.1. The lowest BCUT2D eigenvalue weighted by atomic mass is 9.94. The van der Waals surface area contributed by atoms with Gasteiger partial charge in [0.25, 0.3) is 0 Å². The summed E-state index contributed by atoms with van der Waals surface area (Å²) < 4.78 is 0. The lowest BCUT2D eigenvalue weighted by Gasteiger charge is -2.31. The molecule has 2 aliphatic rings. The van der Waals surface area contributed by atoms with Gasteiger partial charge in [-0.3, -0.25) is 9.69 Å². The Morgan fingerprint density at radius 1 is 1.04 bits per heavy atom. The van der Waals surface area contributed by atoms with E-state index in [0.29, 0.717) is 12.6 Å². The minimum Gasteiger partial charge on any atom is -0.376 e. The van der Waals surface area contributed by atoms with Crippen molar-refractivity contribution in [2.24, 2.45) is 0 Å². The first kappa shape index (κ1) is 19.2. The fraction of sp³-hybridized carbons (Fsp3) is 0.682. The van der Waals surface area contributed by atoms with Crippen molar-refractivity contribution in [3.05, 3.63) is 29.8 Å². The van der Waals surface area contributed by atoms with Crippen LogP contribution in [0.15, 0.2) is 24.3 Å². The van der Waals surface area contributed by atoms with Gasteiger partial charge in [0.15, 0.2) is 0 Å². The minimum atomic E-state index is 0.238. The first-order valence-electron chi connectivity index (χ1n) is 10.5. The van der Waals surface area contributed by atoms with Crippen LogP contribution in [0.2, 0.25) is 0 Å².